The molecule has 1 saturated heterocycles. The molecule has 1 heterocycles. The Balaban J connectivity index is 2.35. The van der Waals surface area contributed by atoms with Crippen LogP contribution in [0.25, 0.3) is 0 Å². The van der Waals surface area contributed by atoms with Crippen molar-refractivity contribution in [3.8, 4) is 0 Å². The van der Waals surface area contributed by atoms with Gasteiger partial charge in [0.1, 0.15) is 6.61 Å². The van der Waals surface area contributed by atoms with Crippen molar-refractivity contribution in [2.24, 2.45) is 0 Å². The average Bonchev–Trinajstić information content (AvgIpc) is 2.30. The van der Waals surface area contributed by atoms with E-state index in [0.29, 0.717) is 18.2 Å². The van der Waals surface area contributed by atoms with Crippen LogP contribution in [0.5, 0.6) is 0 Å². The highest BCUT2D eigenvalue weighted by molar-refractivity contribution is 5.86. The molecular formula is C12H21NO3. The Morgan fingerprint density at radius 2 is 2.12 bits per heavy atom. The Morgan fingerprint density at radius 1 is 1.50 bits per heavy atom. The van der Waals surface area contributed by atoms with Crippen molar-refractivity contribution in [1.82, 2.24) is 4.90 Å². The quantitative estimate of drug-likeness (QED) is 0.523. The van der Waals surface area contributed by atoms with Gasteiger partial charge < -0.3 is 9.47 Å². The minimum absolute atomic E-state index is 0.298. The lowest BCUT2D eigenvalue weighted by Crippen LogP contribution is -2.45. The van der Waals surface area contributed by atoms with Crippen LogP contribution < -0.4 is 0 Å². The molecule has 1 rings (SSSR count). The Bertz CT molecular complexity index is 247. The van der Waals surface area contributed by atoms with E-state index in [9.17, 15) is 4.79 Å². The van der Waals surface area contributed by atoms with Crippen molar-refractivity contribution in [3.05, 3.63) is 12.2 Å². The molecule has 0 bridgehead atoms. The maximum Gasteiger partial charge on any atom is 0.333 e. The van der Waals surface area contributed by atoms with E-state index < -0.39 is 0 Å². The van der Waals surface area contributed by atoms with Gasteiger partial charge in [-0.2, -0.15) is 0 Å². The van der Waals surface area contributed by atoms with E-state index in [1.54, 1.807) is 6.92 Å². The molecule has 92 valence electrons. The van der Waals surface area contributed by atoms with Crippen LogP contribution in [0.4, 0.5) is 0 Å². The molecule has 0 aliphatic carbocycles. The second kappa shape index (κ2) is 6.66. The molecule has 1 aliphatic rings. The number of hydrogen-bond acceptors (Lipinski definition) is 4. The first kappa shape index (κ1) is 13.2. The lowest BCUT2D eigenvalue weighted by atomic mass is 10.2. The van der Waals surface area contributed by atoms with Crippen molar-refractivity contribution in [1.29, 1.82) is 0 Å². The lowest BCUT2D eigenvalue weighted by molar-refractivity contribution is -0.141. The predicted octanol–water partition coefficient (Wildman–Crippen LogP) is 1.22. The average molecular weight is 227 g/mol. The Hall–Kier alpha value is -0.870. The zero-order valence-corrected chi connectivity index (χ0v) is 10.2. The summed E-state index contributed by atoms with van der Waals surface area (Å²) in [5, 5.41) is 0. The van der Waals surface area contributed by atoms with Crippen LogP contribution in [0.2, 0.25) is 0 Å². The molecule has 0 N–H and O–H groups in total. The molecule has 0 aromatic rings. The van der Waals surface area contributed by atoms with Crippen LogP contribution in [-0.4, -0.2) is 49.8 Å². The SMILES string of the molecule is C=C(C)C(=O)OCC(CC)N1CCOCC1. The Kier molecular flexibility index (Phi) is 5.49. The van der Waals surface area contributed by atoms with Crippen molar-refractivity contribution in [3.63, 3.8) is 0 Å². The molecule has 4 heteroatoms. The fourth-order valence-corrected chi connectivity index (χ4v) is 1.72. The van der Waals surface area contributed by atoms with Gasteiger partial charge in [-0.3, -0.25) is 4.90 Å². The third-order valence-corrected chi connectivity index (χ3v) is 2.79. The van der Waals surface area contributed by atoms with E-state index in [1.807, 2.05) is 0 Å². The smallest absolute Gasteiger partial charge is 0.333 e. The largest absolute Gasteiger partial charge is 0.461 e. The number of nitrogens with zero attached hydrogens (tertiary/aromatic N) is 1. The molecule has 0 radical (unpaired) electrons. The van der Waals surface area contributed by atoms with E-state index in [2.05, 4.69) is 18.4 Å². The lowest BCUT2D eigenvalue weighted by Gasteiger charge is -2.33. The topological polar surface area (TPSA) is 38.8 Å². The van der Waals surface area contributed by atoms with Gasteiger partial charge in [-0.1, -0.05) is 13.5 Å². The monoisotopic (exact) mass is 227 g/mol. The summed E-state index contributed by atoms with van der Waals surface area (Å²) in [6.07, 6.45) is 0.976. The van der Waals surface area contributed by atoms with E-state index >= 15 is 0 Å². The fourth-order valence-electron chi connectivity index (χ4n) is 1.72. The number of ether oxygens (including phenoxy) is 2. The summed E-state index contributed by atoms with van der Waals surface area (Å²) in [7, 11) is 0. The van der Waals surface area contributed by atoms with Crippen molar-refractivity contribution in [2.45, 2.75) is 26.3 Å². The van der Waals surface area contributed by atoms with Gasteiger partial charge in [-0.25, -0.2) is 4.79 Å². The molecule has 1 aliphatic heterocycles. The molecule has 1 atom stereocenters. The van der Waals surface area contributed by atoms with E-state index in [-0.39, 0.29) is 5.97 Å². The van der Waals surface area contributed by atoms with Gasteiger partial charge in [0.05, 0.1) is 13.2 Å². The molecule has 0 aromatic carbocycles. The van der Waals surface area contributed by atoms with Crippen LogP contribution in [0.3, 0.4) is 0 Å². The van der Waals surface area contributed by atoms with Crippen molar-refractivity contribution in [2.75, 3.05) is 32.9 Å². The molecule has 4 nitrogen and oxygen atoms in total. The van der Waals surface area contributed by atoms with E-state index in [4.69, 9.17) is 9.47 Å². The number of carbonyl (C=O) groups excluding carboxylic acids is 1. The number of morpholine rings is 1. The zero-order chi connectivity index (χ0) is 12.0. The van der Waals surface area contributed by atoms with Crippen LogP contribution in [0.15, 0.2) is 12.2 Å². The number of esters is 1. The molecule has 1 fully saturated rings. The predicted molar refractivity (Wildman–Crippen MR) is 62.2 cm³/mol. The maximum atomic E-state index is 11.3. The Morgan fingerprint density at radius 3 is 2.62 bits per heavy atom. The minimum Gasteiger partial charge on any atom is -0.461 e. The summed E-state index contributed by atoms with van der Waals surface area (Å²) < 4.78 is 10.5. The van der Waals surface area contributed by atoms with Gasteiger partial charge in [-0.15, -0.1) is 0 Å². The van der Waals surface area contributed by atoms with Crippen molar-refractivity contribution < 1.29 is 14.3 Å². The minimum atomic E-state index is -0.299. The molecule has 1 unspecified atom stereocenters. The molecule has 16 heavy (non-hydrogen) atoms. The van der Waals surface area contributed by atoms with Gasteiger partial charge in [0, 0.05) is 24.7 Å². The zero-order valence-electron chi connectivity index (χ0n) is 10.2. The van der Waals surface area contributed by atoms with Gasteiger partial charge in [-0.05, 0) is 13.3 Å². The summed E-state index contributed by atoms with van der Waals surface area (Å²) in [5.41, 5.74) is 0.455. The highest BCUT2D eigenvalue weighted by Gasteiger charge is 2.20. The van der Waals surface area contributed by atoms with Gasteiger partial charge in [0.25, 0.3) is 0 Å². The normalized spacial score (nSPS) is 19.1. The number of carbonyl (C=O) groups is 1. The van der Waals surface area contributed by atoms with Crippen LogP contribution >= 0.6 is 0 Å². The van der Waals surface area contributed by atoms with Crippen LogP contribution in [-0.2, 0) is 14.3 Å². The van der Waals surface area contributed by atoms with E-state index in [0.717, 1.165) is 32.7 Å². The maximum absolute atomic E-state index is 11.3. The fraction of sp³-hybridized carbons (Fsp3) is 0.750. The van der Waals surface area contributed by atoms with Gasteiger partial charge in [0.15, 0.2) is 0 Å². The molecule has 0 amide bonds. The first-order chi connectivity index (χ1) is 7.65. The summed E-state index contributed by atoms with van der Waals surface area (Å²) >= 11 is 0. The molecular weight excluding hydrogens is 206 g/mol. The Labute approximate surface area is 97.2 Å². The van der Waals surface area contributed by atoms with Crippen LogP contribution in [0.1, 0.15) is 20.3 Å². The summed E-state index contributed by atoms with van der Waals surface area (Å²) in [5.74, 6) is -0.299. The highest BCUT2D eigenvalue weighted by Crippen LogP contribution is 2.08. The highest BCUT2D eigenvalue weighted by atomic mass is 16.5. The third kappa shape index (κ3) is 3.94. The summed E-state index contributed by atoms with van der Waals surface area (Å²) in [6, 6.07) is 0.298. The van der Waals surface area contributed by atoms with Crippen molar-refractivity contribution >= 4 is 5.97 Å². The second-order valence-corrected chi connectivity index (χ2v) is 4.09. The first-order valence-electron chi connectivity index (χ1n) is 5.79. The second-order valence-electron chi connectivity index (χ2n) is 4.09. The van der Waals surface area contributed by atoms with E-state index in [1.165, 1.54) is 0 Å². The summed E-state index contributed by atoms with van der Waals surface area (Å²) in [4.78, 5) is 13.6. The standard InChI is InChI=1S/C12H21NO3/c1-4-11(9-16-12(14)10(2)3)13-5-7-15-8-6-13/h11H,2,4-9H2,1,3H3. The third-order valence-electron chi connectivity index (χ3n) is 2.79. The molecule has 0 spiro atoms. The molecule has 0 saturated carbocycles. The van der Waals surface area contributed by atoms with Crippen LogP contribution in [0, 0.1) is 0 Å². The van der Waals surface area contributed by atoms with Gasteiger partial charge >= 0.3 is 5.97 Å². The number of rotatable bonds is 5. The summed E-state index contributed by atoms with van der Waals surface area (Å²) in [6.45, 7) is 11.2. The van der Waals surface area contributed by atoms with Gasteiger partial charge in [0.2, 0.25) is 0 Å². The first-order valence-corrected chi connectivity index (χ1v) is 5.79. The molecule has 0 aromatic heterocycles. The number of hydrogen-bond donors (Lipinski definition) is 0.